The second kappa shape index (κ2) is 8.28. The normalized spacial score (nSPS) is 13.2. The second-order valence-electron chi connectivity index (χ2n) is 5.91. The highest BCUT2D eigenvalue weighted by Crippen LogP contribution is 2.30. The standard InChI is InChI=1S/C17H30N2O/c1-6-20-17-10-8-7-9-15(17)16(11-18)19(14(4)5)12-13(2)3/h7-10,13-14,16H,6,11-12,18H2,1-5H3. The van der Waals surface area contributed by atoms with Crippen molar-refractivity contribution in [3.63, 3.8) is 0 Å². The highest BCUT2D eigenvalue weighted by Gasteiger charge is 2.24. The quantitative estimate of drug-likeness (QED) is 0.791. The summed E-state index contributed by atoms with van der Waals surface area (Å²) in [6.45, 7) is 13.3. The number of nitrogens with zero attached hydrogens (tertiary/aromatic N) is 1. The summed E-state index contributed by atoms with van der Waals surface area (Å²) in [6.07, 6.45) is 0. The number of hydrogen-bond acceptors (Lipinski definition) is 3. The van der Waals surface area contributed by atoms with Crippen LogP contribution in [0.2, 0.25) is 0 Å². The van der Waals surface area contributed by atoms with Gasteiger partial charge in [-0.05, 0) is 32.8 Å². The summed E-state index contributed by atoms with van der Waals surface area (Å²) < 4.78 is 5.77. The summed E-state index contributed by atoms with van der Waals surface area (Å²) >= 11 is 0. The van der Waals surface area contributed by atoms with Crippen molar-refractivity contribution in [2.24, 2.45) is 11.7 Å². The fourth-order valence-electron chi connectivity index (χ4n) is 2.60. The van der Waals surface area contributed by atoms with E-state index in [1.165, 1.54) is 5.56 Å². The maximum absolute atomic E-state index is 6.09. The Hall–Kier alpha value is -1.06. The lowest BCUT2D eigenvalue weighted by Crippen LogP contribution is -2.41. The van der Waals surface area contributed by atoms with Gasteiger partial charge in [0.1, 0.15) is 5.75 Å². The number of ether oxygens (including phenoxy) is 1. The van der Waals surface area contributed by atoms with Gasteiger partial charge in [0.05, 0.1) is 12.6 Å². The average molecular weight is 278 g/mol. The van der Waals surface area contributed by atoms with Crippen molar-refractivity contribution in [2.45, 2.75) is 46.7 Å². The Balaban J connectivity index is 3.09. The first-order valence-corrected chi connectivity index (χ1v) is 7.68. The molecule has 0 spiro atoms. The average Bonchev–Trinajstić information content (AvgIpc) is 2.40. The summed E-state index contributed by atoms with van der Waals surface area (Å²) in [5, 5.41) is 0. The number of hydrogen-bond donors (Lipinski definition) is 1. The van der Waals surface area contributed by atoms with Crippen LogP contribution >= 0.6 is 0 Å². The van der Waals surface area contributed by atoms with Gasteiger partial charge in [0.2, 0.25) is 0 Å². The van der Waals surface area contributed by atoms with Crippen LogP contribution in [0.4, 0.5) is 0 Å². The zero-order valence-corrected chi connectivity index (χ0v) is 13.6. The Morgan fingerprint density at radius 1 is 1.15 bits per heavy atom. The molecule has 0 fully saturated rings. The van der Waals surface area contributed by atoms with Gasteiger partial charge >= 0.3 is 0 Å². The third-order valence-electron chi connectivity index (χ3n) is 3.44. The van der Waals surface area contributed by atoms with E-state index in [1.54, 1.807) is 0 Å². The van der Waals surface area contributed by atoms with Crippen molar-refractivity contribution in [1.29, 1.82) is 0 Å². The molecule has 114 valence electrons. The van der Waals surface area contributed by atoms with Crippen LogP contribution in [0.5, 0.6) is 5.75 Å². The lowest BCUT2D eigenvalue weighted by Gasteiger charge is -2.36. The van der Waals surface area contributed by atoms with E-state index < -0.39 is 0 Å². The van der Waals surface area contributed by atoms with Crippen molar-refractivity contribution in [3.05, 3.63) is 29.8 Å². The van der Waals surface area contributed by atoms with Crippen molar-refractivity contribution in [3.8, 4) is 5.75 Å². The molecule has 0 saturated heterocycles. The minimum absolute atomic E-state index is 0.208. The van der Waals surface area contributed by atoms with Crippen molar-refractivity contribution < 1.29 is 4.74 Å². The van der Waals surface area contributed by atoms with Crippen LogP contribution in [0.25, 0.3) is 0 Å². The molecule has 1 atom stereocenters. The molecule has 3 heteroatoms. The van der Waals surface area contributed by atoms with E-state index in [2.05, 4.69) is 44.7 Å². The first-order valence-electron chi connectivity index (χ1n) is 7.68. The SMILES string of the molecule is CCOc1ccccc1C(CN)N(CC(C)C)C(C)C. The predicted octanol–water partition coefficient (Wildman–Crippen LogP) is 3.45. The molecule has 0 aliphatic heterocycles. The van der Waals surface area contributed by atoms with Crippen LogP contribution in [0.15, 0.2) is 24.3 Å². The number of benzene rings is 1. The molecule has 3 nitrogen and oxygen atoms in total. The first kappa shape index (κ1) is 17.0. The monoisotopic (exact) mass is 278 g/mol. The third kappa shape index (κ3) is 4.50. The maximum Gasteiger partial charge on any atom is 0.124 e. The molecular weight excluding hydrogens is 248 g/mol. The largest absolute Gasteiger partial charge is 0.494 e. The van der Waals surface area contributed by atoms with Gasteiger partial charge in [-0.15, -0.1) is 0 Å². The Morgan fingerprint density at radius 3 is 2.30 bits per heavy atom. The number of nitrogens with two attached hydrogens (primary N) is 1. The molecule has 0 radical (unpaired) electrons. The van der Waals surface area contributed by atoms with Crippen molar-refractivity contribution >= 4 is 0 Å². The Morgan fingerprint density at radius 2 is 1.80 bits per heavy atom. The molecule has 1 unspecified atom stereocenters. The molecule has 0 bridgehead atoms. The summed E-state index contributed by atoms with van der Waals surface area (Å²) in [6, 6.07) is 8.92. The third-order valence-corrected chi connectivity index (χ3v) is 3.44. The molecule has 1 aromatic rings. The molecule has 1 rings (SSSR count). The van der Waals surface area contributed by atoms with Gasteiger partial charge in [-0.3, -0.25) is 4.90 Å². The summed E-state index contributed by atoms with van der Waals surface area (Å²) in [5.74, 6) is 1.57. The molecule has 2 N–H and O–H groups in total. The summed E-state index contributed by atoms with van der Waals surface area (Å²) in [5.41, 5.74) is 7.29. The lowest BCUT2D eigenvalue weighted by atomic mass is 10.0. The smallest absolute Gasteiger partial charge is 0.124 e. The minimum Gasteiger partial charge on any atom is -0.494 e. The van der Waals surface area contributed by atoms with E-state index in [9.17, 15) is 0 Å². The van der Waals surface area contributed by atoms with Gasteiger partial charge in [-0.2, -0.15) is 0 Å². The lowest BCUT2D eigenvalue weighted by molar-refractivity contribution is 0.135. The van der Waals surface area contributed by atoms with Gasteiger partial charge in [0.15, 0.2) is 0 Å². The second-order valence-corrected chi connectivity index (χ2v) is 5.91. The van der Waals surface area contributed by atoms with E-state index in [-0.39, 0.29) is 6.04 Å². The van der Waals surface area contributed by atoms with Crippen LogP contribution in [0.1, 0.15) is 46.2 Å². The molecular formula is C17H30N2O. The minimum atomic E-state index is 0.208. The maximum atomic E-state index is 6.09. The zero-order valence-electron chi connectivity index (χ0n) is 13.6. The first-order chi connectivity index (χ1) is 9.51. The van der Waals surface area contributed by atoms with Gasteiger partial charge in [-0.1, -0.05) is 32.0 Å². The predicted molar refractivity (Wildman–Crippen MR) is 86.1 cm³/mol. The van der Waals surface area contributed by atoms with Crippen molar-refractivity contribution in [1.82, 2.24) is 4.90 Å². The molecule has 0 amide bonds. The van der Waals surface area contributed by atoms with Crippen LogP contribution in [0, 0.1) is 5.92 Å². The fraction of sp³-hybridized carbons (Fsp3) is 0.647. The van der Waals surface area contributed by atoms with Gasteiger partial charge in [-0.25, -0.2) is 0 Å². The number of para-hydroxylation sites is 1. The molecule has 0 aliphatic rings. The van der Waals surface area contributed by atoms with E-state index in [0.29, 0.717) is 25.1 Å². The van der Waals surface area contributed by atoms with E-state index >= 15 is 0 Å². The molecule has 0 heterocycles. The highest BCUT2D eigenvalue weighted by atomic mass is 16.5. The molecule has 1 aromatic carbocycles. The Bertz CT molecular complexity index is 390. The van der Waals surface area contributed by atoms with Crippen LogP contribution in [-0.4, -0.2) is 30.6 Å². The van der Waals surface area contributed by atoms with Crippen LogP contribution in [0.3, 0.4) is 0 Å². The molecule has 0 aliphatic carbocycles. The van der Waals surface area contributed by atoms with Gasteiger partial charge in [0, 0.05) is 24.7 Å². The van der Waals surface area contributed by atoms with E-state index in [1.807, 2.05) is 19.1 Å². The molecule has 20 heavy (non-hydrogen) atoms. The van der Waals surface area contributed by atoms with Gasteiger partial charge < -0.3 is 10.5 Å². The van der Waals surface area contributed by atoms with Crippen LogP contribution in [-0.2, 0) is 0 Å². The van der Waals surface area contributed by atoms with E-state index in [0.717, 1.165) is 12.3 Å². The molecule has 0 saturated carbocycles. The molecule has 0 aromatic heterocycles. The Labute approximate surface area is 124 Å². The fourth-order valence-corrected chi connectivity index (χ4v) is 2.60. The van der Waals surface area contributed by atoms with E-state index in [4.69, 9.17) is 10.5 Å². The van der Waals surface area contributed by atoms with Crippen molar-refractivity contribution in [2.75, 3.05) is 19.7 Å². The Kier molecular flexibility index (Phi) is 7.03. The topological polar surface area (TPSA) is 38.5 Å². The van der Waals surface area contributed by atoms with Crippen LogP contribution < -0.4 is 10.5 Å². The summed E-state index contributed by atoms with van der Waals surface area (Å²) in [7, 11) is 0. The summed E-state index contributed by atoms with van der Waals surface area (Å²) in [4.78, 5) is 2.47. The van der Waals surface area contributed by atoms with Gasteiger partial charge in [0.25, 0.3) is 0 Å². The highest BCUT2D eigenvalue weighted by molar-refractivity contribution is 5.36. The zero-order chi connectivity index (χ0) is 15.1. The number of rotatable bonds is 8.